The van der Waals surface area contributed by atoms with Gasteiger partial charge < -0.3 is 5.32 Å². The molecule has 1 aliphatic rings. The third kappa shape index (κ3) is 2.88. The lowest BCUT2D eigenvalue weighted by molar-refractivity contribution is 0.679. The van der Waals surface area contributed by atoms with Gasteiger partial charge >= 0.3 is 0 Å². The van der Waals surface area contributed by atoms with Crippen LogP contribution in [0.4, 0.5) is 5.95 Å². The predicted molar refractivity (Wildman–Crippen MR) is 77.6 cm³/mol. The summed E-state index contributed by atoms with van der Waals surface area (Å²) in [5, 5.41) is 13.0. The van der Waals surface area contributed by atoms with Gasteiger partial charge in [0.1, 0.15) is 0 Å². The number of anilines is 1. The van der Waals surface area contributed by atoms with Crippen molar-refractivity contribution in [2.75, 3.05) is 16.3 Å². The summed E-state index contributed by atoms with van der Waals surface area (Å²) in [4.78, 5) is 0. The lowest BCUT2D eigenvalue weighted by atomic mass is 10.5. The van der Waals surface area contributed by atoms with E-state index in [0.29, 0.717) is 5.25 Å². The van der Waals surface area contributed by atoms with Crippen molar-refractivity contribution in [3.63, 3.8) is 0 Å². The topological polar surface area (TPSA) is 42.7 Å². The molecular formula is C8H12BrIN4S. The Morgan fingerprint density at radius 3 is 3.13 bits per heavy atom. The van der Waals surface area contributed by atoms with Crippen LogP contribution >= 0.6 is 51.3 Å². The van der Waals surface area contributed by atoms with Crippen LogP contribution in [-0.2, 0) is 6.54 Å². The number of halogens is 2. The Labute approximate surface area is 117 Å². The van der Waals surface area contributed by atoms with Gasteiger partial charge in [0.2, 0.25) is 5.95 Å². The van der Waals surface area contributed by atoms with Crippen LogP contribution in [0.5, 0.6) is 0 Å². The Bertz CT molecular complexity index is 343. The zero-order valence-corrected chi connectivity index (χ0v) is 12.7. The molecule has 0 saturated carbocycles. The average molecular weight is 403 g/mol. The Morgan fingerprint density at radius 1 is 1.67 bits per heavy atom. The second-order valence-electron chi connectivity index (χ2n) is 2.98. The number of thioether (sulfide) groups is 1. The van der Waals surface area contributed by atoms with E-state index in [1.54, 1.807) is 11.8 Å². The molecule has 7 heteroatoms. The lowest BCUT2D eigenvalue weighted by Crippen LogP contribution is -2.11. The van der Waals surface area contributed by atoms with E-state index < -0.39 is 0 Å². The molecule has 1 atom stereocenters. The van der Waals surface area contributed by atoms with Gasteiger partial charge in [-0.1, -0.05) is 40.4 Å². The number of alkyl halides is 1. The summed E-state index contributed by atoms with van der Waals surface area (Å²) in [6.45, 7) is 5.40. The second kappa shape index (κ2) is 6.09. The van der Waals surface area contributed by atoms with Gasteiger partial charge in [-0.3, -0.25) is 4.57 Å². The fourth-order valence-electron chi connectivity index (χ4n) is 1.30. The SMILES string of the molecule is Br.C=CCNc1nnc2n1CC(CI)S2. The maximum Gasteiger partial charge on any atom is 0.225 e. The van der Waals surface area contributed by atoms with Crippen LogP contribution in [0.2, 0.25) is 0 Å². The minimum absolute atomic E-state index is 0. The van der Waals surface area contributed by atoms with Crippen molar-refractivity contribution in [3.8, 4) is 0 Å². The fourth-order valence-corrected chi connectivity index (χ4v) is 3.08. The van der Waals surface area contributed by atoms with Gasteiger partial charge in [-0.2, -0.15) is 0 Å². The molecule has 0 aliphatic carbocycles. The summed E-state index contributed by atoms with van der Waals surface area (Å²) in [7, 11) is 0. The highest BCUT2D eigenvalue weighted by Gasteiger charge is 2.25. The third-order valence-corrected chi connectivity index (χ3v) is 4.77. The summed E-state index contributed by atoms with van der Waals surface area (Å²) in [5.74, 6) is 0.861. The Kier molecular flexibility index (Phi) is 5.41. The van der Waals surface area contributed by atoms with E-state index in [-0.39, 0.29) is 17.0 Å². The molecule has 4 nitrogen and oxygen atoms in total. The Morgan fingerprint density at radius 2 is 2.47 bits per heavy atom. The highest BCUT2D eigenvalue weighted by atomic mass is 127. The molecule has 1 aliphatic heterocycles. The highest BCUT2D eigenvalue weighted by Crippen LogP contribution is 2.33. The minimum atomic E-state index is 0. The van der Waals surface area contributed by atoms with Gasteiger partial charge in [-0.15, -0.1) is 33.8 Å². The number of hydrogen-bond donors (Lipinski definition) is 1. The van der Waals surface area contributed by atoms with Crippen LogP contribution in [0.1, 0.15) is 0 Å². The standard InChI is InChI=1S/C8H11IN4S.BrH/c1-2-3-10-7-11-12-8-13(7)5-6(4-9)14-8;/h2,6H,1,3-5H2,(H,10,11);1H. The van der Waals surface area contributed by atoms with Gasteiger partial charge in [0, 0.05) is 22.8 Å². The van der Waals surface area contributed by atoms with Crippen molar-refractivity contribution in [1.82, 2.24) is 14.8 Å². The molecule has 0 fully saturated rings. The van der Waals surface area contributed by atoms with Crippen LogP contribution in [-0.4, -0.2) is 31.0 Å². The van der Waals surface area contributed by atoms with Crippen molar-refractivity contribution >= 4 is 57.3 Å². The van der Waals surface area contributed by atoms with Crippen LogP contribution in [0, 0.1) is 0 Å². The normalized spacial score (nSPS) is 18.1. The fraction of sp³-hybridized carbons (Fsp3) is 0.500. The van der Waals surface area contributed by atoms with Crippen molar-refractivity contribution in [3.05, 3.63) is 12.7 Å². The molecule has 0 amide bonds. The maximum absolute atomic E-state index is 4.12. The first-order chi connectivity index (χ1) is 6.85. The van der Waals surface area contributed by atoms with Crippen molar-refractivity contribution in [2.24, 2.45) is 0 Å². The first kappa shape index (κ1) is 13.3. The van der Waals surface area contributed by atoms with Crippen molar-refractivity contribution in [1.29, 1.82) is 0 Å². The summed E-state index contributed by atoms with van der Waals surface area (Å²) in [6.07, 6.45) is 1.82. The number of fused-ring (bicyclic) bond motifs is 1. The van der Waals surface area contributed by atoms with Gasteiger partial charge in [-0.05, 0) is 0 Å². The number of aromatic nitrogens is 3. The molecule has 0 spiro atoms. The van der Waals surface area contributed by atoms with E-state index in [4.69, 9.17) is 0 Å². The molecule has 0 bridgehead atoms. The first-order valence-electron chi connectivity index (χ1n) is 4.35. The van der Waals surface area contributed by atoms with Crippen LogP contribution < -0.4 is 5.32 Å². The molecule has 1 unspecified atom stereocenters. The highest BCUT2D eigenvalue weighted by molar-refractivity contribution is 14.1. The van der Waals surface area contributed by atoms with Crippen molar-refractivity contribution in [2.45, 2.75) is 17.0 Å². The quantitative estimate of drug-likeness (QED) is 0.477. The van der Waals surface area contributed by atoms with Gasteiger partial charge in [-0.25, -0.2) is 0 Å². The molecule has 15 heavy (non-hydrogen) atoms. The zero-order chi connectivity index (χ0) is 9.97. The lowest BCUT2D eigenvalue weighted by Gasteiger charge is -2.05. The molecule has 0 saturated heterocycles. The average Bonchev–Trinajstić information content (AvgIpc) is 2.74. The van der Waals surface area contributed by atoms with E-state index in [2.05, 4.69) is 49.3 Å². The van der Waals surface area contributed by atoms with Gasteiger partial charge in [0.25, 0.3) is 0 Å². The summed E-state index contributed by atoms with van der Waals surface area (Å²) >= 11 is 4.21. The Hall–Kier alpha value is 0.240. The summed E-state index contributed by atoms with van der Waals surface area (Å²) in [5.41, 5.74) is 0. The van der Waals surface area contributed by atoms with Gasteiger partial charge in [0.05, 0.1) is 0 Å². The molecule has 0 aromatic carbocycles. The van der Waals surface area contributed by atoms with E-state index in [1.807, 2.05) is 6.08 Å². The van der Waals surface area contributed by atoms with Crippen molar-refractivity contribution < 1.29 is 0 Å². The van der Waals surface area contributed by atoms with E-state index in [0.717, 1.165) is 28.6 Å². The van der Waals surface area contributed by atoms with E-state index >= 15 is 0 Å². The van der Waals surface area contributed by atoms with E-state index in [9.17, 15) is 0 Å². The van der Waals surface area contributed by atoms with Crippen LogP contribution in [0.3, 0.4) is 0 Å². The first-order valence-corrected chi connectivity index (χ1v) is 6.76. The van der Waals surface area contributed by atoms with E-state index in [1.165, 1.54) is 0 Å². The summed E-state index contributed by atoms with van der Waals surface area (Å²) < 4.78 is 3.28. The molecule has 0 radical (unpaired) electrons. The monoisotopic (exact) mass is 402 g/mol. The molecule has 1 N–H and O–H groups in total. The molecule has 2 rings (SSSR count). The third-order valence-electron chi connectivity index (χ3n) is 1.95. The van der Waals surface area contributed by atoms with Gasteiger partial charge in [0.15, 0.2) is 5.16 Å². The van der Waals surface area contributed by atoms with Crippen LogP contribution in [0.15, 0.2) is 17.8 Å². The molecular weight excluding hydrogens is 391 g/mol. The number of nitrogens with zero attached hydrogens (tertiary/aromatic N) is 3. The Balaban J connectivity index is 0.00000112. The second-order valence-corrected chi connectivity index (χ2v) is 5.13. The molecule has 84 valence electrons. The molecule has 1 aromatic rings. The maximum atomic E-state index is 4.12. The predicted octanol–water partition coefficient (Wildman–Crippen LogP) is 2.36. The largest absolute Gasteiger partial charge is 0.351 e. The zero-order valence-electron chi connectivity index (χ0n) is 8.02. The summed E-state index contributed by atoms with van der Waals surface area (Å²) in [6, 6.07) is 0. The number of nitrogens with one attached hydrogen (secondary N) is 1. The minimum Gasteiger partial charge on any atom is -0.351 e. The molecule has 1 aromatic heterocycles. The molecule has 2 heterocycles. The number of rotatable bonds is 4. The number of hydrogen-bond acceptors (Lipinski definition) is 4. The smallest absolute Gasteiger partial charge is 0.225 e. The van der Waals surface area contributed by atoms with Crippen LogP contribution in [0.25, 0.3) is 0 Å².